The van der Waals surface area contributed by atoms with Gasteiger partial charge in [-0.25, -0.2) is 17.6 Å². The highest BCUT2D eigenvalue weighted by atomic mass is 19.2. The van der Waals surface area contributed by atoms with E-state index in [1.165, 1.54) is 7.11 Å². The topological polar surface area (TPSA) is 50.4 Å². The maximum absolute atomic E-state index is 13.4. The molecule has 1 aliphatic rings. The summed E-state index contributed by atoms with van der Waals surface area (Å²) in [4.78, 5) is 11.8. The number of methoxy groups -OCH3 is 1. The number of nitrogens with one attached hydrogen (secondary N) is 2. The van der Waals surface area contributed by atoms with Crippen LogP contribution in [0.5, 0.6) is 0 Å². The van der Waals surface area contributed by atoms with Gasteiger partial charge in [-0.1, -0.05) is 0 Å². The molecule has 0 radical (unpaired) electrons. The first-order valence-corrected chi connectivity index (χ1v) is 5.84. The Hall–Kier alpha value is -1.67. The SMILES string of the molecule is COC1CNC(C(=O)Nc2c(F)c(F)cc(F)c2F)C1. The summed E-state index contributed by atoms with van der Waals surface area (Å²) in [5.74, 6) is -7.22. The fourth-order valence-electron chi connectivity index (χ4n) is 1.98. The standard InChI is InChI=1S/C12H12F4N2O2/c1-20-5-2-8(17-4-5)12(19)18-11-9(15)6(13)3-7(14)10(11)16/h3,5,8,17H,2,4H2,1H3,(H,18,19). The highest BCUT2D eigenvalue weighted by Crippen LogP contribution is 2.24. The second-order valence-corrected chi connectivity index (χ2v) is 4.39. The average Bonchev–Trinajstić information content (AvgIpc) is 2.90. The summed E-state index contributed by atoms with van der Waals surface area (Å²) >= 11 is 0. The van der Waals surface area contributed by atoms with E-state index >= 15 is 0 Å². The quantitative estimate of drug-likeness (QED) is 0.656. The van der Waals surface area contributed by atoms with E-state index in [2.05, 4.69) is 5.32 Å². The number of carbonyl (C=O) groups excluding carboxylic acids is 1. The predicted octanol–water partition coefficient (Wildman–Crippen LogP) is 1.56. The van der Waals surface area contributed by atoms with Crippen molar-refractivity contribution in [2.24, 2.45) is 0 Å². The molecule has 0 saturated carbocycles. The number of benzene rings is 1. The van der Waals surface area contributed by atoms with Crippen molar-refractivity contribution >= 4 is 11.6 Å². The van der Waals surface area contributed by atoms with Gasteiger partial charge in [0.1, 0.15) is 5.69 Å². The van der Waals surface area contributed by atoms with Crippen molar-refractivity contribution in [3.63, 3.8) is 0 Å². The molecule has 110 valence electrons. The molecule has 0 aromatic heterocycles. The van der Waals surface area contributed by atoms with Gasteiger partial charge in [-0.2, -0.15) is 0 Å². The molecular weight excluding hydrogens is 280 g/mol. The number of carbonyl (C=O) groups is 1. The summed E-state index contributed by atoms with van der Waals surface area (Å²) in [5.41, 5.74) is -1.13. The number of hydrogen-bond donors (Lipinski definition) is 2. The van der Waals surface area contributed by atoms with Crippen LogP contribution in [0.1, 0.15) is 6.42 Å². The Morgan fingerprint density at radius 1 is 1.30 bits per heavy atom. The molecule has 0 bridgehead atoms. The maximum atomic E-state index is 13.4. The van der Waals surface area contributed by atoms with Crippen LogP contribution in [0.3, 0.4) is 0 Å². The normalized spacial score (nSPS) is 22.1. The summed E-state index contributed by atoms with van der Waals surface area (Å²) in [6, 6.07) is -0.667. The predicted molar refractivity (Wildman–Crippen MR) is 62.1 cm³/mol. The number of anilines is 1. The van der Waals surface area contributed by atoms with Crippen LogP contribution >= 0.6 is 0 Å². The lowest BCUT2D eigenvalue weighted by atomic mass is 10.2. The third kappa shape index (κ3) is 2.75. The summed E-state index contributed by atoms with van der Waals surface area (Å²) in [7, 11) is 1.47. The lowest BCUT2D eigenvalue weighted by molar-refractivity contribution is -0.118. The van der Waals surface area contributed by atoms with Gasteiger partial charge >= 0.3 is 0 Å². The highest BCUT2D eigenvalue weighted by molar-refractivity contribution is 5.95. The van der Waals surface area contributed by atoms with Gasteiger partial charge in [-0.05, 0) is 6.42 Å². The first-order chi connectivity index (χ1) is 9.43. The minimum Gasteiger partial charge on any atom is -0.380 e. The van der Waals surface area contributed by atoms with Gasteiger partial charge in [-0.15, -0.1) is 0 Å². The van der Waals surface area contributed by atoms with Crippen LogP contribution < -0.4 is 10.6 Å². The van der Waals surface area contributed by atoms with Crippen molar-refractivity contribution in [1.82, 2.24) is 5.32 Å². The molecule has 0 spiro atoms. The lowest BCUT2D eigenvalue weighted by Crippen LogP contribution is -2.36. The summed E-state index contributed by atoms with van der Waals surface area (Å²) < 4.78 is 57.8. The van der Waals surface area contributed by atoms with E-state index in [1.807, 2.05) is 5.32 Å². The largest absolute Gasteiger partial charge is 0.380 e. The Balaban J connectivity index is 2.16. The van der Waals surface area contributed by atoms with Crippen LogP contribution in [-0.4, -0.2) is 31.7 Å². The van der Waals surface area contributed by atoms with E-state index in [0.717, 1.165) is 0 Å². The molecule has 1 saturated heterocycles. The zero-order valence-corrected chi connectivity index (χ0v) is 10.5. The second kappa shape index (κ2) is 5.76. The molecule has 2 N–H and O–H groups in total. The minimum absolute atomic E-state index is 0.0785. The van der Waals surface area contributed by atoms with Crippen molar-refractivity contribution in [2.75, 3.05) is 19.0 Å². The zero-order valence-electron chi connectivity index (χ0n) is 10.5. The van der Waals surface area contributed by atoms with Crippen molar-refractivity contribution in [3.8, 4) is 0 Å². The summed E-state index contributed by atoms with van der Waals surface area (Å²) in [5, 5.41) is 4.64. The van der Waals surface area contributed by atoms with E-state index in [4.69, 9.17) is 4.74 Å². The number of hydrogen-bond acceptors (Lipinski definition) is 3. The molecule has 4 nitrogen and oxygen atoms in total. The van der Waals surface area contributed by atoms with Gasteiger partial charge in [0.25, 0.3) is 0 Å². The molecule has 1 amide bonds. The smallest absolute Gasteiger partial charge is 0.241 e. The number of amides is 1. The molecule has 1 aliphatic heterocycles. The van der Waals surface area contributed by atoms with Gasteiger partial charge in [0.2, 0.25) is 5.91 Å². The Kier molecular flexibility index (Phi) is 4.24. The third-order valence-corrected chi connectivity index (χ3v) is 3.10. The molecule has 2 unspecified atom stereocenters. The van der Waals surface area contributed by atoms with Gasteiger partial charge in [0.05, 0.1) is 12.1 Å². The average molecular weight is 292 g/mol. The molecule has 1 heterocycles. The molecule has 1 fully saturated rings. The van der Waals surface area contributed by atoms with Crippen molar-refractivity contribution in [1.29, 1.82) is 0 Å². The molecule has 2 atom stereocenters. The van der Waals surface area contributed by atoms with Gasteiger partial charge in [0, 0.05) is 19.7 Å². The van der Waals surface area contributed by atoms with Crippen LogP contribution in [0, 0.1) is 23.3 Å². The van der Waals surface area contributed by atoms with Gasteiger partial charge < -0.3 is 15.4 Å². The minimum atomic E-state index is -1.64. The number of halogens is 4. The first-order valence-electron chi connectivity index (χ1n) is 5.84. The Morgan fingerprint density at radius 3 is 2.40 bits per heavy atom. The van der Waals surface area contributed by atoms with Crippen molar-refractivity contribution in [3.05, 3.63) is 29.3 Å². The van der Waals surface area contributed by atoms with E-state index in [-0.39, 0.29) is 12.2 Å². The molecule has 8 heteroatoms. The van der Waals surface area contributed by atoms with Gasteiger partial charge in [0.15, 0.2) is 23.3 Å². The highest BCUT2D eigenvalue weighted by Gasteiger charge is 2.31. The molecule has 0 aliphatic carbocycles. The van der Waals surface area contributed by atoms with Gasteiger partial charge in [-0.3, -0.25) is 4.79 Å². The van der Waals surface area contributed by atoms with Crippen molar-refractivity contribution < 1.29 is 27.1 Å². The Bertz CT molecular complexity index is 512. The van der Waals surface area contributed by atoms with Crippen LogP contribution in [0.25, 0.3) is 0 Å². The number of ether oxygens (including phenoxy) is 1. The monoisotopic (exact) mass is 292 g/mol. The Labute approximate surface area is 112 Å². The molecule has 20 heavy (non-hydrogen) atoms. The fourth-order valence-corrected chi connectivity index (χ4v) is 1.98. The first kappa shape index (κ1) is 14.7. The lowest BCUT2D eigenvalue weighted by Gasteiger charge is -2.13. The van der Waals surface area contributed by atoms with Crippen LogP contribution in [0.15, 0.2) is 6.07 Å². The van der Waals surface area contributed by atoms with E-state index in [9.17, 15) is 22.4 Å². The fraction of sp³-hybridized carbons (Fsp3) is 0.417. The van der Waals surface area contributed by atoms with Crippen LogP contribution in [0.2, 0.25) is 0 Å². The molecule has 1 aromatic carbocycles. The maximum Gasteiger partial charge on any atom is 0.241 e. The number of rotatable bonds is 3. The molecule has 1 aromatic rings. The second-order valence-electron chi connectivity index (χ2n) is 4.39. The summed E-state index contributed by atoms with van der Waals surface area (Å²) in [6.07, 6.45) is 0.0910. The van der Waals surface area contributed by atoms with E-state index < -0.39 is 40.9 Å². The Morgan fingerprint density at radius 2 is 1.90 bits per heavy atom. The molecular formula is C12H12F4N2O2. The van der Waals surface area contributed by atoms with E-state index in [1.54, 1.807) is 0 Å². The van der Waals surface area contributed by atoms with E-state index in [0.29, 0.717) is 13.0 Å². The van der Waals surface area contributed by atoms with Crippen LogP contribution in [-0.2, 0) is 9.53 Å². The third-order valence-electron chi connectivity index (χ3n) is 3.10. The van der Waals surface area contributed by atoms with Crippen LogP contribution in [0.4, 0.5) is 23.2 Å². The zero-order chi connectivity index (χ0) is 14.9. The molecule has 2 rings (SSSR count). The van der Waals surface area contributed by atoms with Crippen molar-refractivity contribution in [2.45, 2.75) is 18.6 Å². The summed E-state index contributed by atoms with van der Waals surface area (Å²) in [6.45, 7) is 0.400.